The normalized spacial score (nSPS) is 19.0. The van der Waals surface area contributed by atoms with Gasteiger partial charge >= 0.3 is 6.01 Å². The molecular formula is C17H16ClFN7OP. The molecule has 4 aromatic rings. The van der Waals surface area contributed by atoms with Crippen LogP contribution in [-0.2, 0) is 11.8 Å². The van der Waals surface area contributed by atoms with Crippen molar-refractivity contribution in [1.29, 1.82) is 0 Å². The van der Waals surface area contributed by atoms with Gasteiger partial charge in [-0.2, -0.15) is 5.10 Å². The number of aromatic amines is 1. The number of rotatable bonds is 3. The van der Waals surface area contributed by atoms with Crippen LogP contribution in [0.15, 0.2) is 35.1 Å². The van der Waals surface area contributed by atoms with E-state index in [-0.39, 0.29) is 17.9 Å². The molecule has 0 saturated heterocycles. The van der Waals surface area contributed by atoms with Crippen LogP contribution in [0.5, 0.6) is 0 Å². The van der Waals surface area contributed by atoms with Crippen LogP contribution >= 0.6 is 20.8 Å². The second-order valence-electron chi connectivity index (χ2n) is 6.83. The molecule has 4 aromatic heterocycles. The molecule has 5 heterocycles. The van der Waals surface area contributed by atoms with E-state index in [1.54, 1.807) is 10.8 Å². The summed E-state index contributed by atoms with van der Waals surface area (Å²) in [5.41, 5.74) is 3.36. The Morgan fingerprint density at radius 2 is 2.29 bits per heavy atom. The van der Waals surface area contributed by atoms with Crippen LogP contribution in [0.2, 0.25) is 5.02 Å². The molecule has 0 radical (unpaired) electrons. The zero-order valence-corrected chi connectivity index (χ0v) is 16.7. The maximum absolute atomic E-state index is 14.2. The number of imidazole rings is 1. The number of fused-ring (bicyclic) bond motifs is 2. The van der Waals surface area contributed by atoms with Gasteiger partial charge in [-0.3, -0.25) is 0 Å². The van der Waals surface area contributed by atoms with Crippen molar-refractivity contribution in [2.45, 2.75) is 24.8 Å². The molecule has 8 nitrogen and oxygen atoms in total. The number of H-pyrrole nitrogens is 1. The first-order valence-corrected chi connectivity index (χ1v) is 9.61. The monoisotopic (exact) mass is 419 g/mol. The summed E-state index contributed by atoms with van der Waals surface area (Å²) in [5.74, 6) is -0.0999. The van der Waals surface area contributed by atoms with Gasteiger partial charge in [0.05, 0.1) is 28.3 Å². The molecule has 5 rings (SSSR count). The summed E-state index contributed by atoms with van der Waals surface area (Å²) in [6.45, 7) is 1.93. The molecule has 0 saturated carbocycles. The van der Waals surface area contributed by atoms with Gasteiger partial charge in [-0.15, -0.1) is 5.10 Å². The molecule has 0 spiro atoms. The van der Waals surface area contributed by atoms with Crippen LogP contribution in [-0.4, -0.2) is 36.3 Å². The van der Waals surface area contributed by atoms with E-state index in [9.17, 15) is 4.39 Å². The third-order valence-corrected chi connectivity index (χ3v) is 5.32. The van der Waals surface area contributed by atoms with Crippen molar-refractivity contribution in [3.05, 3.63) is 58.7 Å². The first-order chi connectivity index (χ1) is 13.4. The quantitative estimate of drug-likeness (QED) is 0.513. The van der Waals surface area contributed by atoms with E-state index in [4.69, 9.17) is 16.0 Å². The maximum atomic E-state index is 14.2. The van der Waals surface area contributed by atoms with Gasteiger partial charge < -0.3 is 14.3 Å². The van der Waals surface area contributed by atoms with Crippen LogP contribution in [0.25, 0.3) is 5.52 Å². The SMILES string of the molecule is CC(F)(P)c1nnc(N2CCc3[nH]cnc3[C@@H]2c2cc3c(Cl)cccn3n2)o1. The topological polar surface area (TPSA) is 88.1 Å². The summed E-state index contributed by atoms with van der Waals surface area (Å²) in [6, 6.07) is 5.41. The molecule has 11 heteroatoms. The second-order valence-corrected chi connectivity index (χ2v) is 8.32. The lowest BCUT2D eigenvalue weighted by atomic mass is 10.0. The summed E-state index contributed by atoms with van der Waals surface area (Å²) in [5, 5.41) is 11.4. The lowest BCUT2D eigenvalue weighted by Crippen LogP contribution is -2.37. The minimum absolute atomic E-state index is 0.0999. The van der Waals surface area contributed by atoms with E-state index in [0.29, 0.717) is 18.0 Å². The summed E-state index contributed by atoms with van der Waals surface area (Å²) >= 11 is 6.31. The van der Waals surface area contributed by atoms with Gasteiger partial charge in [-0.05, 0) is 25.1 Å². The molecule has 1 aliphatic heterocycles. The Kier molecular flexibility index (Phi) is 3.93. The molecule has 0 aromatic carbocycles. The Labute approximate surface area is 166 Å². The van der Waals surface area contributed by atoms with Crippen LogP contribution in [0.3, 0.4) is 0 Å². The maximum Gasteiger partial charge on any atom is 0.319 e. The Balaban J connectivity index is 1.64. The van der Waals surface area contributed by atoms with Gasteiger partial charge in [0.2, 0.25) is 0 Å². The number of hydrogen-bond acceptors (Lipinski definition) is 6. The average Bonchev–Trinajstić information content (AvgIpc) is 3.38. The van der Waals surface area contributed by atoms with E-state index in [1.807, 2.05) is 29.3 Å². The predicted molar refractivity (Wildman–Crippen MR) is 104 cm³/mol. The predicted octanol–water partition coefficient (Wildman–Crippen LogP) is 3.26. The molecule has 1 aliphatic rings. The van der Waals surface area contributed by atoms with Gasteiger partial charge in [0.15, 0.2) is 5.41 Å². The molecule has 0 fully saturated rings. The molecule has 0 aliphatic carbocycles. The highest BCUT2D eigenvalue weighted by atomic mass is 35.5. The number of hydrogen-bond donors (Lipinski definition) is 1. The van der Waals surface area contributed by atoms with Crippen molar-refractivity contribution in [3.63, 3.8) is 0 Å². The average molecular weight is 420 g/mol. The molecule has 2 unspecified atom stereocenters. The van der Waals surface area contributed by atoms with Crippen molar-refractivity contribution >= 4 is 32.4 Å². The highest BCUT2D eigenvalue weighted by Gasteiger charge is 2.37. The fraction of sp³-hybridized carbons (Fsp3) is 0.294. The van der Waals surface area contributed by atoms with Crippen LogP contribution in [0.1, 0.15) is 35.9 Å². The number of halogens is 2. The fourth-order valence-electron chi connectivity index (χ4n) is 3.44. The molecule has 1 N–H and O–H groups in total. The van der Waals surface area contributed by atoms with Crippen molar-refractivity contribution < 1.29 is 8.81 Å². The zero-order valence-electron chi connectivity index (χ0n) is 14.8. The number of pyridine rings is 1. The number of aromatic nitrogens is 6. The first kappa shape index (κ1) is 17.6. The minimum Gasteiger partial charge on any atom is -0.404 e. The standard InChI is InChI=1S/C17H16ClFN7OP/c1-17(19,28)15-22-23-16(27-15)25-6-4-10-13(21-8-20-10)14(25)11-7-12-9(18)3-2-5-26(12)24-11/h2-3,5,7-8,14H,4,6,28H2,1H3,(H,20,21)/t14-,17?/m0/s1. The lowest BCUT2D eigenvalue weighted by Gasteiger charge is -2.32. The summed E-state index contributed by atoms with van der Waals surface area (Å²) in [7, 11) is 2.06. The van der Waals surface area contributed by atoms with Crippen LogP contribution in [0, 0.1) is 0 Å². The highest BCUT2D eigenvalue weighted by Crippen LogP contribution is 2.39. The number of nitrogens with zero attached hydrogens (tertiary/aromatic N) is 6. The lowest BCUT2D eigenvalue weighted by molar-refractivity contribution is 0.257. The van der Waals surface area contributed by atoms with Crippen molar-refractivity contribution in [2.24, 2.45) is 0 Å². The van der Waals surface area contributed by atoms with Gasteiger partial charge in [0.25, 0.3) is 5.89 Å². The number of anilines is 1. The molecule has 144 valence electrons. The van der Waals surface area contributed by atoms with Crippen LogP contribution < -0.4 is 4.90 Å². The Morgan fingerprint density at radius 1 is 1.43 bits per heavy atom. The first-order valence-electron chi connectivity index (χ1n) is 8.66. The van der Waals surface area contributed by atoms with Crippen molar-refractivity contribution in [3.8, 4) is 0 Å². The van der Waals surface area contributed by atoms with E-state index >= 15 is 0 Å². The minimum atomic E-state index is -1.80. The molecule has 0 bridgehead atoms. The van der Waals surface area contributed by atoms with Gasteiger partial charge in [0, 0.05) is 24.9 Å². The zero-order chi connectivity index (χ0) is 19.5. The fourth-order valence-corrected chi connectivity index (χ4v) is 3.78. The largest absolute Gasteiger partial charge is 0.404 e. The molecular weight excluding hydrogens is 404 g/mol. The smallest absolute Gasteiger partial charge is 0.319 e. The Hall–Kier alpha value is -2.51. The summed E-state index contributed by atoms with van der Waals surface area (Å²) < 4.78 is 21.6. The third-order valence-electron chi connectivity index (χ3n) is 4.75. The third kappa shape index (κ3) is 2.77. The summed E-state index contributed by atoms with van der Waals surface area (Å²) in [6.07, 6.45) is 4.20. The van der Waals surface area contributed by atoms with Crippen LogP contribution in [0.4, 0.5) is 10.4 Å². The van der Waals surface area contributed by atoms with Gasteiger partial charge in [-0.1, -0.05) is 25.9 Å². The van der Waals surface area contributed by atoms with Crippen molar-refractivity contribution in [1.82, 2.24) is 29.8 Å². The van der Waals surface area contributed by atoms with E-state index < -0.39 is 5.41 Å². The Bertz CT molecular complexity index is 1160. The van der Waals surface area contributed by atoms with E-state index in [0.717, 1.165) is 22.6 Å². The number of nitrogens with one attached hydrogen (secondary N) is 1. The molecule has 3 atom stereocenters. The Morgan fingerprint density at radius 3 is 3.04 bits per heavy atom. The van der Waals surface area contributed by atoms with Gasteiger partial charge in [0.1, 0.15) is 6.04 Å². The van der Waals surface area contributed by atoms with E-state index in [1.165, 1.54) is 6.92 Å². The van der Waals surface area contributed by atoms with Crippen molar-refractivity contribution in [2.75, 3.05) is 11.4 Å². The molecule has 28 heavy (non-hydrogen) atoms. The highest BCUT2D eigenvalue weighted by molar-refractivity contribution is 7.18. The van der Waals surface area contributed by atoms with Gasteiger partial charge in [-0.25, -0.2) is 13.9 Å². The molecule has 0 amide bonds. The van der Waals surface area contributed by atoms with E-state index in [2.05, 4.69) is 34.5 Å². The summed E-state index contributed by atoms with van der Waals surface area (Å²) in [4.78, 5) is 9.56. The number of alkyl halides is 1. The second kappa shape index (κ2) is 6.25.